The van der Waals surface area contributed by atoms with E-state index in [4.69, 9.17) is 9.84 Å². The molecule has 1 rings (SSSR count). The number of hydrogen-bond donors (Lipinski definition) is 1. The molecular weight excluding hydrogens is 140 g/mol. The summed E-state index contributed by atoms with van der Waals surface area (Å²) in [5, 5.41) is 8.78. The summed E-state index contributed by atoms with van der Waals surface area (Å²) in [6.45, 7) is 0.310. The van der Waals surface area contributed by atoms with Gasteiger partial charge in [-0.05, 0) is 25.2 Å². The van der Waals surface area contributed by atoms with Crippen molar-refractivity contribution in [2.45, 2.75) is 38.2 Å². The monoisotopic (exact) mass is 158 g/mol. The lowest BCUT2D eigenvalue weighted by molar-refractivity contribution is 0.0141. The molecule has 0 bridgehead atoms. The first-order valence-electron chi connectivity index (χ1n) is 4.52. The average Bonchev–Trinajstić information content (AvgIpc) is 2.06. The summed E-state index contributed by atoms with van der Waals surface area (Å²) in [6.07, 6.45) is 6.35. The summed E-state index contributed by atoms with van der Waals surface area (Å²) >= 11 is 0. The fraction of sp³-hybridized carbons (Fsp3) is 1.00. The smallest absolute Gasteiger partial charge is 0.0600 e. The minimum atomic E-state index is 0.310. The molecule has 0 heterocycles. The number of aliphatic hydroxyl groups excluding tert-OH is 1. The predicted molar refractivity (Wildman–Crippen MR) is 44.5 cm³/mol. The van der Waals surface area contributed by atoms with Gasteiger partial charge in [-0.3, -0.25) is 0 Å². The van der Waals surface area contributed by atoms with Crippen LogP contribution in [0.1, 0.15) is 32.1 Å². The van der Waals surface area contributed by atoms with Gasteiger partial charge in [0.1, 0.15) is 0 Å². The normalized spacial score (nSPS) is 32.2. The Labute approximate surface area is 68.6 Å². The van der Waals surface area contributed by atoms with Crippen LogP contribution in [-0.2, 0) is 4.74 Å². The zero-order valence-electron chi connectivity index (χ0n) is 7.25. The minimum absolute atomic E-state index is 0.310. The second-order valence-electron chi connectivity index (χ2n) is 3.33. The maximum absolute atomic E-state index is 8.78. The van der Waals surface area contributed by atoms with E-state index in [0.29, 0.717) is 18.6 Å². The molecule has 0 amide bonds. The molecule has 0 saturated heterocycles. The van der Waals surface area contributed by atoms with Crippen molar-refractivity contribution in [3.05, 3.63) is 0 Å². The molecule has 2 heteroatoms. The zero-order chi connectivity index (χ0) is 8.10. The highest BCUT2D eigenvalue weighted by molar-refractivity contribution is 4.75. The van der Waals surface area contributed by atoms with E-state index in [1.165, 1.54) is 25.7 Å². The molecular formula is C9H18O2. The molecule has 2 nitrogen and oxygen atoms in total. The molecule has 0 aromatic carbocycles. The van der Waals surface area contributed by atoms with E-state index in [0.717, 1.165) is 6.42 Å². The Balaban J connectivity index is 2.31. The molecule has 1 N–H and O–H groups in total. The fourth-order valence-electron chi connectivity index (χ4n) is 1.98. The molecule has 0 aliphatic heterocycles. The Kier molecular flexibility index (Phi) is 3.87. The highest BCUT2D eigenvalue weighted by Gasteiger charge is 2.23. The lowest BCUT2D eigenvalue weighted by Gasteiger charge is -2.29. The van der Waals surface area contributed by atoms with Crippen LogP contribution < -0.4 is 0 Å². The SMILES string of the molecule is CO[C@@H]1CCCC[C@@H]1CCO. The highest BCUT2D eigenvalue weighted by atomic mass is 16.5. The second kappa shape index (κ2) is 4.73. The topological polar surface area (TPSA) is 29.5 Å². The van der Waals surface area contributed by atoms with Gasteiger partial charge in [-0.25, -0.2) is 0 Å². The number of aliphatic hydroxyl groups is 1. The van der Waals surface area contributed by atoms with Gasteiger partial charge in [0.15, 0.2) is 0 Å². The van der Waals surface area contributed by atoms with E-state index in [1.807, 2.05) is 0 Å². The standard InChI is InChI=1S/C9H18O2/c1-11-9-5-3-2-4-8(9)6-7-10/h8-10H,2-7H2,1H3/t8-,9-/m1/s1. The maximum Gasteiger partial charge on any atom is 0.0600 e. The first-order valence-corrected chi connectivity index (χ1v) is 4.52. The van der Waals surface area contributed by atoms with E-state index >= 15 is 0 Å². The lowest BCUT2D eigenvalue weighted by atomic mass is 9.84. The Hall–Kier alpha value is -0.0800. The number of rotatable bonds is 3. The van der Waals surface area contributed by atoms with Crippen LogP contribution in [-0.4, -0.2) is 24.9 Å². The van der Waals surface area contributed by atoms with Crippen molar-refractivity contribution in [3.63, 3.8) is 0 Å². The van der Waals surface area contributed by atoms with Crippen LogP contribution >= 0.6 is 0 Å². The van der Waals surface area contributed by atoms with Crippen molar-refractivity contribution in [2.75, 3.05) is 13.7 Å². The van der Waals surface area contributed by atoms with Gasteiger partial charge in [-0.2, -0.15) is 0 Å². The molecule has 0 aromatic heterocycles. The maximum atomic E-state index is 8.78. The van der Waals surface area contributed by atoms with Gasteiger partial charge >= 0.3 is 0 Å². The molecule has 0 unspecified atom stereocenters. The van der Waals surface area contributed by atoms with Crippen LogP contribution in [0.3, 0.4) is 0 Å². The first-order chi connectivity index (χ1) is 5.38. The van der Waals surface area contributed by atoms with Crippen molar-refractivity contribution < 1.29 is 9.84 Å². The minimum Gasteiger partial charge on any atom is -0.396 e. The van der Waals surface area contributed by atoms with Crippen LogP contribution in [0.15, 0.2) is 0 Å². The van der Waals surface area contributed by atoms with Gasteiger partial charge in [0.2, 0.25) is 0 Å². The van der Waals surface area contributed by atoms with E-state index in [-0.39, 0.29) is 0 Å². The summed E-state index contributed by atoms with van der Waals surface area (Å²) in [7, 11) is 1.78. The van der Waals surface area contributed by atoms with E-state index in [1.54, 1.807) is 7.11 Å². The molecule has 0 aromatic rings. The summed E-state index contributed by atoms with van der Waals surface area (Å²) in [5.41, 5.74) is 0. The predicted octanol–water partition coefficient (Wildman–Crippen LogP) is 1.57. The Morgan fingerprint density at radius 1 is 1.36 bits per heavy atom. The third-order valence-electron chi connectivity index (χ3n) is 2.64. The van der Waals surface area contributed by atoms with Crippen LogP contribution in [0, 0.1) is 5.92 Å². The van der Waals surface area contributed by atoms with E-state index in [9.17, 15) is 0 Å². The van der Waals surface area contributed by atoms with Crippen molar-refractivity contribution in [3.8, 4) is 0 Å². The van der Waals surface area contributed by atoms with Crippen molar-refractivity contribution in [1.29, 1.82) is 0 Å². The van der Waals surface area contributed by atoms with Crippen molar-refractivity contribution in [2.24, 2.45) is 5.92 Å². The van der Waals surface area contributed by atoms with Crippen molar-refractivity contribution >= 4 is 0 Å². The van der Waals surface area contributed by atoms with Gasteiger partial charge in [-0.1, -0.05) is 12.8 Å². The van der Waals surface area contributed by atoms with Crippen molar-refractivity contribution in [1.82, 2.24) is 0 Å². The highest BCUT2D eigenvalue weighted by Crippen LogP contribution is 2.28. The van der Waals surface area contributed by atoms with Gasteiger partial charge in [0.05, 0.1) is 6.10 Å². The quantitative estimate of drug-likeness (QED) is 0.675. The third-order valence-corrected chi connectivity index (χ3v) is 2.64. The number of methoxy groups -OCH3 is 1. The Morgan fingerprint density at radius 2 is 2.09 bits per heavy atom. The molecule has 66 valence electrons. The fourth-order valence-corrected chi connectivity index (χ4v) is 1.98. The third kappa shape index (κ3) is 2.46. The molecule has 2 atom stereocenters. The summed E-state index contributed by atoms with van der Waals surface area (Å²) in [6, 6.07) is 0. The van der Waals surface area contributed by atoms with Gasteiger partial charge in [0.25, 0.3) is 0 Å². The molecule has 1 aliphatic carbocycles. The zero-order valence-corrected chi connectivity index (χ0v) is 7.25. The molecule has 1 saturated carbocycles. The van der Waals surface area contributed by atoms with Gasteiger partial charge in [0, 0.05) is 13.7 Å². The Morgan fingerprint density at radius 3 is 2.73 bits per heavy atom. The second-order valence-corrected chi connectivity index (χ2v) is 3.33. The van der Waals surface area contributed by atoms with Crippen LogP contribution in [0.4, 0.5) is 0 Å². The van der Waals surface area contributed by atoms with E-state index in [2.05, 4.69) is 0 Å². The van der Waals surface area contributed by atoms with E-state index < -0.39 is 0 Å². The van der Waals surface area contributed by atoms with Crippen LogP contribution in [0.25, 0.3) is 0 Å². The van der Waals surface area contributed by atoms with Gasteiger partial charge in [-0.15, -0.1) is 0 Å². The average molecular weight is 158 g/mol. The molecule has 0 radical (unpaired) electrons. The lowest BCUT2D eigenvalue weighted by Crippen LogP contribution is -2.27. The summed E-state index contributed by atoms with van der Waals surface area (Å²) < 4.78 is 5.35. The Bertz CT molecular complexity index is 102. The van der Waals surface area contributed by atoms with Crippen LogP contribution in [0.2, 0.25) is 0 Å². The number of hydrogen-bond acceptors (Lipinski definition) is 2. The van der Waals surface area contributed by atoms with Crippen LogP contribution in [0.5, 0.6) is 0 Å². The molecule has 1 fully saturated rings. The number of ether oxygens (including phenoxy) is 1. The molecule has 11 heavy (non-hydrogen) atoms. The summed E-state index contributed by atoms with van der Waals surface area (Å²) in [5.74, 6) is 0.610. The summed E-state index contributed by atoms with van der Waals surface area (Å²) in [4.78, 5) is 0. The first kappa shape index (κ1) is 9.01. The largest absolute Gasteiger partial charge is 0.396 e. The molecule has 1 aliphatic rings. The molecule has 0 spiro atoms. The van der Waals surface area contributed by atoms with Gasteiger partial charge < -0.3 is 9.84 Å².